The van der Waals surface area contributed by atoms with Gasteiger partial charge in [0.25, 0.3) is 0 Å². The van der Waals surface area contributed by atoms with E-state index >= 15 is 0 Å². The van der Waals surface area contributed by atoms with Gasteiger partial charge in [-0.05, 0) is 23.5 Å². The number of carboxylic acids is 1. The summed E-state index contributed by atoms with van der Waals surface area (Å²) in [4.78, 5) is 11.1. The van der Waals surface area contributed by atoms with E-state index in [0.717, 1.165) is 22.9 Å². The van der Waals surface area contributed by atoms with Crippen LogP contribution in [0.4, 0.5) is 0 Å². The molecule has 20 heavy (non-hydrogen) atoms. The number of carbonyl (C=O) groups is 1. The fraction of sp³-hybridized carbons (Fsp3) is 0.353. The molecule has 0 bridgehead atoms. The lowest BCUT2D eigenvalue weighted by molar-refractivity contribution is -0.131. The van der Waals surface area contributed by atoms with Crippen molar-refractivity contribution in [3.8, 4) is 0 Å². The summed E-state index contributed by atoms with van der Waals surface area (Å²) in [5, 5.41) is 10.2. The van der Waals surface area contributed by atoms with Gasteiger partial charge in [0, 0.05) is 30.3 Å². The molecule has 1 heterocycles. The molecule has 0 atom stereocenters. The third-order valence-corrected chi connectivity index (χ3v) is 3.68. The molecule has 0 aliphatic carbocycles. The zero-order chi connectivity index (χ0) is 14.9. The third-order valence-electron chi connectivity index (χ3n) is 3.68. The molecule has 0 unspecified atom stereocenters. The largest absolute Gasteiger partial charge is 0.478 e. The number of para-hydroxylation sites is 1. The van der Waals surface area contributed by atoms with E-state index in [2.05, 4.69) is 23.6 Å². The van der Waals surface area contributed by atoms with Gasteiger partial charge in [-0.3, -0.25) is 0 Å². The highest BCUT2D eigenvalue weighted by Crippen LogP contribution is 2.32. The molecule has 2 rings (SSSR count). The number of hydrogen-bond donors (Lipinski definition) is 1. The van der Waals surface area contributed by atoms with E-state index in [1.807, 2.05) is 33.2 Å². The highest BCUT2D eigenvalue weighted by Gasteiger charge is 2.16. The van der Waals surface area contributed by atoms with E-state index in [0.29, 0.717) is 0 Å². The van der Waals surface area contributed by atoms with E-state index in [1.54, 1.807) is 0 Å². The molecule has 1 N–H and O–H groups in total. The van der Waals surface area contributed by atoms with Gasteiger partial charge in [0.15, 0.2) is 0 Å². The SMILES string of the molecule is CCc1cccc2c(/C(=C/C(=O)O)C(C)C)cn(C)c12. The lowest BCUT2D eigenvalue weighted by Gasteiger charge is -2.10. The van der Waals surface area contributed by atoms with Crippen LogP contribution in [0.5, 0.6) is 0 Å². The number of aryl methyl sites for hydroxylation is 2. The Bertz CT molecular complexity index is 678. The fourth-order valence-corrected chi connectivity index (χ4v) is 2.76. The average molecular weight is 271 g/mol. The molecular weight excluding hydrogens is 250 g/mol. The predicted molar refractivity (Wildman–Crippen MR) is 82.7 cm³/mol. The second-order valence-corrected chi connectivity index (χ2v) is 5.41. The molecule has 0 aliphatic rings. The first-order valence-electron chi connectivity index (χ1n) is 6.97. The highest BCUT2D eigenvalue weighted by atomic mass is 16.4. The van der Waals surface area contributed by atoms with Crippen molar-refractivity contribution in [2.45, 2.75) is 27.2 Å². The molecule has 0 radical (unpaired) electrons. The summed E-state index contributed by atoms with van der Waals surface area (Å²) >= 11 is 0. The van der Waals surface area contributed by atoms with Crippen LogP contribution in [0.1, 0.15) is 31.9 Å². The number of aromatic nitrogens is 1. The minimum absolute atomic E-state index is 0.169. The molecular formula is C17H21NO2. The van der Waals surface area contributed by atoms with Gasteiger partial charge in [-0.1, -0.05) is 39.0 Å². The zero-order valence-electron chi connectivity index (χ0n) is 12.5. The van der Waals surface area contributed by atoms with Gasteiger partial charge in [0.1, 0.15) is 0 Å². The fourth-order valence-electron chi connectivity index (χ4n) is 2.76. The van der Waals surface area contributed by atoms with Gasteiger partial charge in [-0.25, -0.2) is 4.79 Å². The number of fused-ring (bicyclic) bond motifs is 1. The number of hydrogen-bond acceptors (Lipinski definition) is 1. The number of carboxylic acid groups (broad SMARTS) is 1. The maximum absolute atomic E-state index is 11.1. The van der Waals surface area contributed by atoms with Crippen molar-refractivity contribution in [2.75, 3.05) is 0 Å². The van der Waals surface area contributed by atoms with Crippen molar-refractivity contribution in [1.82, 2.24) is 4.57 Å². The highest BCUT2D eigenvalue weighted by molar-refractivity contribution is 5.99. The first kappa shape index (κ1) is 14.4. The van der Waals surface area contributed by atoms with Gasteiger partial charge in [-0.15, -0.1) is 0 Å². The standard InChI is InChI=1S/C17H21NO2/c1-5-12-7-6-8-13-15(10-18(4)17(12)13)14(11(2)3)9-16(19)20/h6-11H,5H2,1-4H3,(H,19,20)/b14-9+. The Balaban J connectivity index is 2.75. The molecule has 3 nitrogen and oxygen atoms in total. The van der Waals surface area contributed by atoms with Crippen molar-refractivity contribution >= 4 is 22.4 Å². The molecule has 106 valence electrons. The zero-order valence-corrected chi connectivity index (χ0v) is 12.5. The van der Waals surface area contributed by atoms with Crippen molar-refractivity contribution in [3.63, 3.8) is 0 Å². The van der Waals surface area contributed by atoms with E-state index in [-0.39, 0.29) is 5.92 Å². The molecule has 3 heteroatoms. The van der Waals surface area contributed by atoms with Crippen LogP contribution >= 0.6 is 0 Å². The second-order valence-electron chi connectivity index (χ2n) is 5.41. The monoisotopic (exact) mass is 271 g/mol. The minimum atomic E-state index is -0.891. The Hall–Kier alpha value is -2.03. The smallest absolute Gasteiger partial charge is 0.328 e. The summed E-state index contributed by atoms with van der Waals surface area (Å²) in [6.07, 6.45) is 4.34. The lowest BCUT2D eigenvalue weighted by atomic mass is 9.94. The average Bonchev–Trinajstić information content (AvgIpc) is 2.73. The summed E-state index contributed by atoms with van der Waals surface area (Å²) in [5.41, 5.74) is 4.38. The maximum Gasteiger partial charge on any atom is 0.328 e. The van der Waals surface area contributed by atoms with E-state index in [4.69, 9.17) is 5.11 Å². The van der Waals surface area contributed by atoms with E-state index in [1.165, 1.54) is 17.2 Å². The molecule has 2 aromatic rings. The van der Waals surface area contributed by atoms with Gasteiger partial charge in [0.05, 0.1) is 5.52 Å². The quantitative estimate of drug-likeness (QED) is 0.858. The summed E-state index contributed by atoms with van der Waals surface area (Å²) in [6, 6.07) is 6.24. The van der Waals surface area contributed by atoms with Crippen molar-refractivity contribution in [2.24, 2.45) is 13.0 Å². The normalized spacial score (nSPS) is 12.3. The Kier molecular flexibility index (Phi) is 3.98. The van der Waals surface area contributed by atoms with Crippen LogP contribution in [0.3, 0.4) is 0 Å². The number of allylic oxidation sites excluding steroid dienone is 1. The first-order valence-corrected chi connectivity index (χ1v) is 6.97. The molecule has 0 saturated heterocycles. The number of nitrogens with zero attached hydrogens (tertiary/aromatic N) is 1. The molecule has 0 amide bonds. The van der Waals surface area contributed by atoms with Crippen LogP contribution in [-0.2, 0) is 18.3 Å². The van der Waals surface area contributed by atoms with Crippen molar-refractivity contribution < 1.29 is 9.90 Å². The molecule has 0 saturated carbocycles. The lowest BCUT2D eigenvalue weighted by Crippen LogP contribution is -1.98. The summed E-state index contributed by atoms with van der Waals surface area (Å²) in [7, 11) is 2.02. The summed E-state index contributed by atoms with van der Waals surface area (Å²) in [5.74, 6) is -0.723. The van der Waals surface area contributed by atoms with Crippen LogP contribution in [0.2, 0.25) is 0 Å². The Morgan fingerprint density at radius 3 is 2.65 bits per heavy atom. The van der Waals surface area contributed by atoms with Gasteiger partial charge < -0.3 is 9.67 Å². The summed E-state index contributed by atoms with van der Waals surface area (Å²) < 4.78 is 2.10. The number of aliphatic carboxylic acids is 1. The Morgan fingerprint density at radius 2 is 2.10 bits per heavy atom. The number of benzene rings is 1. The van der Waals surface area contributed by atoms with Crippen LogP contribution in [0.25, 0.3) is 16.5 Å². The molecule has 1 aromatic heterocycles. The third kappa shape index (κ3) is 2.48. The Labute approximate surface area is 119 Å². The molecule has 1 aromatic carbocycles. The van der Waals surface area contributed by atoms with Crippen LogP contribution in [0.15, 0.2) is 30.5 Å². The van der Waals surface area contributed by atoms with Crippen LogP contribution in [-0.4, -0.2) is 15.6 Å². The van der Waals surface area contributed by atoms with Gasteiger partial charge in [0.2, 0.25) is 0 Å². The molecule has 0 aliphatic heterocycles. The van der Waals surface area contributed by atoms with Gasteiger partial charge >= 0.3 is 5.97 Å². The minimum Gasteiger partial charge on any atom is -0.478 e. The second kappa shape index (κ2) is 5.53. The molecule has 0 fully saturated rings. The predicted octanol–water partition coefficient (Wildman–Crippen LogP) is 3.86. The number of rotatable bonds is 4. The summed E-state index contributed by atoms with van der Waals surface area (Å²) in [6.45, 7) is 6.19. The van der Waals surface area contributed by atoms with Gasteiger partial charge in [-0.2, -0.15) is 0 Å². The topological polar surface area (TPSA) is 42.2 Å². The van der Waals surface area contributed by atoms with Crippen molar-refractivity contribution in [3.05, 3.63) is 41.6 Å². The Morgan fingerprint density at radius 1 is 1.40 bits per heavy atom. The van der Waals surface area contributed by atoms with Crippen LogP contribution in [0, 0.1) is 5.92 Å². The van der Waals surface area contributed by atoms with E-state index in [9.17, 15) is 4.79 Å². The maximum atomic E-state index is 11.1. The van der Waals surface area contributed by atoms with Crippen molar-refractivity contribution in [1.29, 1.82) is 0 Å². The first-order chi connectivity index (χ1) is 9.45. The molecule has 0 spiro atoms. The van der Waals surface area contributed by atoms with E-state index < -0.39 is 5.97 Å². The van der Waals surface area contributed by atoms with Crippen LogP contribution < -0.4 is 0 Å².